The maximum absolute atomic E-state index is 13.0. The van der Waals surface area contributed by atoms with Crippen LogP contribution in [0.4, 0.5) is 10.5 Å². The third kappa shape index (κ3) is 3.18. The van der Waals surface area contributed by atoms with E-state index in [9.17, 15) is 14.7 Å². The van der Waals surface area contributed by atoms with Gasteiger partial charge < -0.3 is 14.9 Å². The average molecular weight is 359 g/mol. The standard InChI is InChI=1S/C20H29N3O3/c1-20(2,3)23(19(25)26)17-10-11-22(18(17)24)14-7-8-15-13(12-14)6-9-16(15)21(4)5/h7-8,12,16-17H,6,9-11H2,1-5H3,(H,25,26)/t16?,17-/m0/s1. The number of amides is 2. The Morgan fingerprint density at radius 1 is 1.19 bits per heavy atom. The highest BCUT2D eigenvalue weighted by Gasteiger charge is 2.43. The van der Waals surface area contributed by atoms with Crippen LogP contribution in [0, 0.1) is 0 Å². The van der Waals surface area contributed by atoms with Crippen LogP contribution in [-0.4, -0.2) is 59.1 Å². The van der Waals surface area contributed by atoms with Gasteiger partial charge in [0.05, 0.1) is 0 Å². The molecule has 2 amide bonds. The molecule has 1 heterocycles. The summed E-state index contributed by atoms with van der Waals surface area (Å²) in [6.07, 6.45) is 1.60. The van der Waals surface area contributed by atoms with Gasteiger partial charge in [-0.2, -0.15) is 0 Å². The highest BCUT2D eigenvalue weighted by atomic mass is 16.4. The Balaban J connectivity index is 1.84. The summed E-state index contributed by atoms with van der Waals surface area (Å²) in [5, 5.41) is 9.60. The van der Waals surface area contributed by atoms with Crippen molar-refractivity contribution in [2.45, 2.75) is 57.7 Å². The first-order chi connectivity index (χ1) is 12.1. The van der Waals surface area contributed by atoms with Crippen molar-refractivity contribution < 1.29 is 14.7 Å². The summed E-state index contributed by atoms with van der Waals surface area (Å²) in [5.74, 6) is -0.121. The summed E-state index contributed by atoms with van der Waals surface area (Å²) in [4.78, 5) is 30.0. The molecule has 6 nitrogen and oxygen atoms in total. The number of aryl methyl sites for hydroxylation is 1. The average Bonchev–Trinajstić information content (AvgIpc) is 3.09. The lowest BCUT2D eigenvalue weighted by Gasteiger charge is -2.36. The van der Waals surface area contributed by atoms with E-state index in [0.29, 0.717) is 19.0 Å². The number of carbonyl (C=O) groups excluding carboxylic acids is 1. The maximum atomic E-state index is 13.0. The van der Waals surface area contributed by atoms with Crippen LogP contribution in [0.5, 0.6) is 0 Å². The predicted octanol–water partition coefficient (Wildman–Crippen LogP) is 3.12. The Morgan fingerprint density at radius 2 is 1.88 bits per heavy atom. The molecule has 6 heteroatoms. The summed E-state index contributed by atoms with van der Waals surface area (Å²) in [6.45, 7) is 6.04. The van der Waals surface area contributed by atoms with Crippen molar-refractivity contribution in [3.8, 4) is 0 Å². The molecule has 142 valence electrons. The lowest BCUT2D eigenvalue weighted by molar-refractivity contribution is -0.122. The molecule has 0 bridgehead atoms. The van der Waals surface area contributed by atoms with E-state index in [1.165, 1.54) is 16.0 Å². The predicted molar refractivity (Wildman–Crippen MR) is 102 cm³/mol. The van der Waals surface area contributed by atoms with Crippen molar-refractivity contribution in [2.75, 3.05) is 25.5 Å². The molecule has 2 aliphatic rings. The van der Waals surface area contributed by atoms with Crippen LogP contribution in [-0.2, 0) is 11.2 Å². The van der Waals surface area contributed by atoms with Gasteiger partial charge in [-0.1, -0.05) is 6.07 Å². The van der Waals surface area contributed by atoms with Gasteiger partial charge >= 0.3 is 6.09 Å². The van der Waals surface area contributed by atoms with Crippen molar-refractivity contribution >= 4 is 17.7 Å². The van der Waals surface area contributed by atoms with Crippen LogP contribution in [0.15, 0.2) is 18.2 Å². The molecule has 1 aliphatic carbocycles. The number of hydrogen-bond donors (Lipinski definition) is 1. The van der Waals surface area contributed by atoms with E-state index in [1.54, 1.807) is 4.90 Å². The van der Waals surface area contributed by atoms with Gasteiger partial charge in [0.15, 0.2) is 0 Å². The number of hydrogen-bond acceptors (Lipinski definition) is 3. The van der Waals surface area contributed by atoms with Crippen LogP contribution in [0.2, 0.25) is 0 Å². The molecule has 1 unspecified atom stereocenters. The Labute approximate surface area is 155 Å². The lowest BCUT2D eigenvalue weighted by Crippen LogP contribution is -2.54. The Morgan fingerprint density at radius 3 is 2.46 bits per heavy atom. The first kappa shape index (κ1) is 18.7. The van der Waals surface area contributed by atoms with Crippen molar-refractivity contribution in [2.24, 2.45) is 0 Å². The molecular weight excluding hydrogens is 330 g/mol. The van der Waals surface area contributed by atoms with E-state index < -0.39 is 17.7 Å². The van der Waals surface area contributed by atoms with E-state index in [4.69, 9.17) is 0 Å². The molecule has 2 atom stereocenters. The van der Waals surface area contributed by atoms with Crippen LogP contribution >= 0.6 is 0 Å². The first-order valence-corrected chi connectivity index (χ1v) is 9.24. The molecule has 1 saturated heterocycles. The molecule has 1 fully saturated rings. The van der Waals surface area contributed by atoms with Gasteiger partial charge in [-0.15, -0.1) is 0 Å². The van der Waals surface area contributed by atoms with Crippen molar-refractivity contribution in [1.82, 2.24) is 9.80 Å². The minimum absolute atomic E-state index is 0.121. The number of carboxylic acid groups (broad SMARTS) is 1. The first-order valence-electron chi connectivity index (χ1n) is 9.24. The maximum Gasteiger partial charge on any atom is 0.408 e. The fourth-order valence-electron chi connectivity index (χ4n) is 4.33. The molecule has 0 radical (unpaired) electrons. The van der Waals surface area contributed by atoms with Gasteiger partial charge in [-0.3, -0.25) is 9.69 Å². The number of nitrogens with zero attached hydrogens (tertiary/aromatic N) is 3. The molecule has 1 aliphatic heterocycles. The summed E-state index contributed by atoms with van der Waals surface area (Å²) in [5.41, 5.74) is 2.90. The zero-order chi connectivity index (χ0) is 19.2. The number of anilines is 1. The molecule has 1 aromatic carbocycles. The molecule has 0 spiro atoms. The third-order valence-electron chi connectivity index (χ3n) is 5.53. The third-order valence-corrected chi connectivity index (χ3v) is 5.53. The van der Waals surface area contributed by atoms with Crippen molar-refractivity contribution in [3.05, 3.63) is 29.3 Å². The van der Waals surface area contributed by atoms with E-state index in [1.807, 2.05) is 26.8 Å². The molecule has 3 rings (SSSR count). The second-order valence-corrected chi connectivity index (χ2v) is 8.52. The van der Waals surface area contributed by atoms with E-state index in [2.05, 4.69) is 31.1 Å². The quantitative estimate of drug-likeness (QED) is 0.901. The fraction of sp³-hybridized carbons (Fsp3) is 0.600. The van der Waals surface area contributed by atoms with E-state index in [0.717, 1.165) is 18.5 Å². The molecule has 0 aromatic heterocycles. The van der Waals surface area contributed by atoms with Crippen molar-refractivity contribution in [3.63, 3.8) is 0 Å². The Kier molecular flexibility index (Phi) is 4.73. The van der Waals surface area contributed by atoms with Gasteiger partial charge in [-0.05, 0) is 77.4 Å². The number of benzene rings is 1. The number of fused-ring (bicyclic) bond motifs is 1. The summed E-state index contributed by atoms with van der Waals surface area (Å²) < 4.78 is 0. The number of rotatable bonds is 3. The van der Waals surface area contributed by atoms with Gasteiger partial charge in [0.25, 0.3) is 0 Å². The fourth-order valence-corrected chi connectivity index (χ4v) is 4.33. The van der Waals surface area contributed by atoms with Crippen LogP contribution in [0.3, 0.4) is 0 Å². The molecule has 1 aromatic rings. The minimum atomic E-state index is -1.04. The van der Waals surface area contributed by atoms with Gasteiger partial charge in [0, 0.05) is 23.8 Å². The van der Waals surface area contributed by atoms with E-state index in [-0.39, 0.29) is 5.91 Å². The topological polar surface area (TPSA) is 64.1 Å². The minimum Gasteiger partial charge on any atom is -0.465 e. The summed E-state index contributed by atoms with van der Waals surface area (Å²) in [7, 11) is 4.19. The largest absolute Gasteiger partial charge is 0.465 e. The molecule has 0 saturated carbocycles. The summed E-state index contributed by atoms with van der Waals surface area (Å²) in [6, 6.07) is 6.06. The second kappa shape index (κ2) is 6.58. The normalized spacial score (nSPS) is 22.8. The lowest BCUT2D eigenvalue weighted by atomic mass is 10.0. The monoisotopic (exact) mass is 359 g/mol. The zero-order valence-corrected chi connectivity index (χ0v) is 16.3. The smallest absolute Gasteiger partial charge is 0.408 e. The summed E-state index contributed by atoms with van der Waals surface area (Å²) >= 11 is 0. The highest BCUT2D eigenvalue weighted by Crippen LogP contribution is 2.37. The zero-order valence-electron chi connectivity index (χ0n) is 16.3. The Hall–Kier alpha value is -2.08. The van der Waals surface area contributed by atoms with Gasteiger partial charge in [0.2, 0.25) is 5.91 Å². The van der Waals surface area contributed by atoms with Gasteiger partial charge in [0.1, 0.15) is 6.04 Å². The second-order valence-electron chi connectivity index (χ2n) is 8.52. The molecule has 26 heavy (non-hydrogen) atoms. The SMILES string of the molecule is CN(C)C1CCc2cc(N3CC[C@H](N(C(=O)O)C(C)(C)C)C3=O)ccc21. The van der Waals surface area contributed by atoms with E-state index >= 15 is 0 Å². The molecular formula is C20H29N3O3. The molecule has 1 N–H and O–H groups in total. The Bertz CT molecular complexity index is 724. The van der Waals surface area contributed by atoms with Crippen LogP contribution in [0.1, 0.15) is 50.8 Å². The van der Waals surface area contributed by atoms with Gasteiger partial charge in [-0.25, -0.2) is 4.79 Å². The van der Waals surface area contributed by atoms with Crippen LogP contribution in [0.25, 0.3) is 0 Å². The highest BCUT2D eigenvalue weighted by molar-refractivity contribution is 6.01. The number of carbonyl (C=O) groups is 2. The van der Waals surface area contributed by atoms with Crippen molar-refractivity contribution in [1.29, 1.82) is 0 Å². The van der Waals surface area contributed by atoms with Crippen LogP contribution < -0.4 is 4.90 Å².